The highest BCUT2D eigenvalue weighted by atomic mass is 16.6. The minimum absolute atomic E-state index is 0.00321. The minimum Gasteiger partial charge on any atom is -0.258 e. The van der Waals surface area contributed by atoms with Gasteiger partial charge in [0.05, 0.1) is 10.6 Å². The first kappa shape index (κ1) is 14.0. The molecule has 116 valence electrons. The molecule has 2 aromatic heterocycles. The number of non-ortho nitro benzene ring substituents is 1. The van der Waals surface area contributed by atoms with Crippen molar-refractivity contribution in [1.29, 1.82) is 0 Å². The third-order valence-corrected chi connectivity index (χ3v) is 3.65. The van der Waals surface area contributed by atoms with Crippen LogP contribution in [0.25, 0.3) is 28.3 Å². The smallest absolute Gasteiger partial charge is 0.258 e. The summed E-state index contributed by atoms with van der Waals surface area (Å²) < 4.78 is 1.60. The first-order chi connectivity index (χ1) is 11.7. The summed E-state index contributed by atoms with van der Waals surface area (Å²) in [6, 6.07) is 19.7. The summed E-state index contributed by atoms with van der Waals surface area (Å²) in [7, 11) is 0. The van der Waals surface area contributed by atoms with Gasteiger partial charge < -0.3 is 0 Å². The van der Waals surface area contributed by atoms with Crippen LogP contribution in [0, 0.1) is 10.1 Å². The lowest BCUT2D eigenvalue weighted by atomic mass is 10.1. The quantitative estimate of drug-likeness (QED) is 0.427. The molecule has 0 saturated heterocycles. The number of aromatic nitrogens is 4. The first-order valence-electron chi connectivity index (χ1n) is 7.25. The van der Waals surface area contributed by atoms with E-state index in [2.05, 4.69) is 15.3 Å². The molecule has 0 aliphatic carbocycles. The SMILES string of the molecule is O=[N+]([O-])c1cccc(-c2nnc3ccc(-c4ccccc4)nn23)c1. The molecule has 0 amide bonds. The van der Waals surface area contributed by atoms with E-state index in [0.29, 0.717) is 17.0 Å². The average Bonchev–Trinajstić information content (AvgIpc) is 3.05. The van der Waals surface area contributed by atoms with E-state index in [-0.39, 0.29) is 5.69 Å². The Labute approximate surface area is 136 Å². The highest BCUT2D eigenvalue weighted by Gasteiger charge is 2.14. The van der Waals surface area contributed by atoms with E-state index in [1.54, 1.807) is 16.6 Å². The monoisotopic (exact) mass is 317 g/mol. The van der Waals surface area contributed by atoms with Crippen LogP contribution in [0.5, 0.6) is 0 Å². The molecule has 7 nitrogen and oxygen atoms in total. The number of nitrogens with zero attached hydrogens (tertiary/aromatic N) is 5. The van der Waals surface area contributed by atoms with Gasteiger partial charge in [0.15, 0.2) is 11.5 Å². The molecule has 0 fully saturated rings. The standard InChI is InChI=1S/C17H11N5O2/c23-22(24)14-8-4-7-13(11-14)17-19-18-16-10-9-15(20-21(16)17)12-5-2-1-3-6-12/h1-11H. The summed E-state index contributed by atoms with van der Waals surface area (Å²) in [6.07, 6.45) is 0. The molecule has 0 atom stereocenters. The third kappa shape index (κ3) is 2.38. The summed E-state index contributed by atoms with van der Waals surface area (Å²) in [5.41, 5.74) is 2.92. The molecule has 2 heterocycles. The summed E-state index contributed by atoms with van der Waals surface area (Å²) >= 11 is 0. The van der Waals surface area contributed by atoms with E-state index >= 15 is 0 Å². The van der Waals surface area contributed by atoms with Gasteiger partial charge in [0.1, 0.15) is 0 Å². The molecule has 0 unspecified atom stereocenters. The number of rotatable bonds is 3. The van der Waals surface area contributed by atoms with Crippen molar-refractivity contribution in [2.24, 2.45) is 0 Å². The summed E-state index contributed by atoms with van der Waals surface area (Å²) in [5, 5.41) is 23.8. The molecule has 7 heteroatoms. The topological polar surface area (TPSA) is 86.2 Å². The van der Waals surface area contributed by atoms with Gasteiger partial charge in [-0.2, -0.15) is 9.61 Å². The number of fused-ring (bicyclic) bond motifs is 1. The van der Waals surface area contributed by atoms with Gasteiger partial charge in [0, 0.05) is 23.3 Å². The van der Waals surface area contributed by atoms with Gasteiger partial charge in [-0.15, -0.1) is 10.2 Å². The Morgan fingerprint density at radius 3 is 2.46 bits per heavy atom. The van der Waals surface area contributed by atoms with Crippen LogP contribution in [0.1, 0.15) is 0 Å². The fourth-order valence-electron chi connectivity index (χ4n) is 2.49. The number of benzene rings is 2. The first-order valence-corrected chi connectivity index (χ1v) is 7.25. The second-order valence-corrected chi connectivity index (χ2v) is 5.19. The van der Waals surface area contributed by atoms with Crippen LogP contribution in [-0.2, 0) is 0 Å². The maximum absolute atomic E-state index is 11.0. The maximum Gasteiger partial charge on any atom is 0.270 e. The van der Waals surface area contributed by atoms with Crippen LogP contribution in [0.4, 0.5) is 5.69 Å². The lowest BCUT2D eigenvalue weighted by Crippen LogP contribution is -1.97. The zero-order valence-corrected chi connectivity index (χ0v) is 12.4. The van der Waals surface area contributed by atoms with Crippen molar-refractivity contribution in [3.05, 3.63) is 76.8 Å². The van der Waals surface area contributed by atoms with E-state index in [4.69, 9.17) is 0 Å². The molecule has 0 aliphatic heterocycles. The van der Waals surface area contributed by atoms with Crippen molar-refractivity contribution in [3.8, 4) is 22.6 Å². The predicted octanol–water partition coefficient (Wildman–Crippen LogP) is 3.37. The second-order valence-electron chi connectivity index (χ2n) is 5.19. The van der Waals surface area contributed by atoms with E-state index in [0.717, 1.165) is 11.3 Å². The Morgan fingerprint density at radius 1 is 0.875 bits per heavy atom. The van der Waals surface area contributed by atoms with Gasteiger partial charge in [0.2, 0.25) is 0 Å². The predicted molar refractivity (Wildman–Crippen MR) is 88.3 cm³/mol. The molecule has 0 N–H and O–H groups in total. The fourth-order valence-corrected chi connectivity index (χ4v) is 2.49. The summed E-state index contributed by atoms with van der Waals surface area (Å²) in [4.78, 5) is 10.5. The van der Waals surface area contributed by atoms with Crippen LogP contribution in [0.3, 0.4) is 0 Å². The lowest BCUT2D eigenvalue weighted by Gasteiger charge is -2.03. The van der Waals surface area contributed by atoms with Crippen molar-refractivity contribution in [3.63, 3.8) is 0 Å². The van der Waals surface area contributed by atoms with Gasteiger partial charge >= 0.3 is 0 Å². The Balaban J connectivity index is 1.88. The average molecular weight is 317 g/mol. The Bertz CT molecular complexity index is 1040. The highest BCUT2D eigenvalue weighted by Crippen LogP contribution is 2.24. The molecule has 0 spiro atoms. The summed E-state index contributed by atoms with van der Waals surface area (Å²) in [5.74, 6) is 0.464. The number of nitro groups is 1. The highest BCUT2D eigenvalue weighted by molar-refractivity contribution is 5.64. The van der Waals surface area contributed by atoms with Gasteiger partial charge in [-0.25, -0.2) is 0 Å². The fraction of sp³-hybridized carbons (Fsp3) is 0. The Kier molecular flexibility index (Phi) is 3.24. The molecule has 2 aromatic carbocycles. The van der Waals surface area contributed by atoms with Crippen LogP contribution >= 0.6 is 0 Å². The number of hydrogen-bond acceptors (Lipinski definition) is 5. The molecule has 0 aliphatic rings. The molecule has 4 rings (SSSR count). The Morgan fingerprint density at radius 2 is 1.67 bits per heavy atom. The largest absolute Gasteiger partial charge is 0.270 e. The zero-order valence-electron chi connectivity index (χ0n) is 12.4. The number of nitro benzene ring substituents is 1. The second kappa shape index (κ2) is 5.54. The van der Waals surface area contributed by atoms with Gasteiger partial charge in [-0.05, 0) is 12.1 Å². The third-order valence-electron chi connectivity index (χ3n) is 3.65. The molecule has 0 radical (unpaired) electrons. The van der Waals surface area contributed by atoms with Gasteiger partial charge in [0.25, 0.3) is 5.69 Å². The van der Waals surface area contributed by atoms with Crippen molar-refractivity contribution in [1.82, 2.24) is 19.8 Å². The molecule has 0 saturated carbocycles. The molecule has 4 aromatic rings. The van der Waals surface area contributed by atoms with Crippen molar-refractivity contribution < 1.29 is 4.92 Å². The molecular weight excluding hydrogens is 306 g/mol. The van der Waals surface area contributed by atoms with Crippen LogP contribution in [0.15, 0.2) is 66.7 Å². The van der Waals surface area contributed by atoms with E-state index < -0.39 is 4.92 Å². The number of hydrogen-bond donors (Lipinski definition) is 0. The van der Waals surface area contributed by atoms with Crippen LogP contribution in [0.2, 0.25) is 0 Å². The van der Waals surface area contributed by atoms with Crippen molar-refractivity contribution >= 4 is 11.3 Å². The van der Waals surface area contributed by atoms with E-state index in [1.807, 2.05) is 42.5 Å². The zero-order chi connectivity index (χ0) is 16.5. The maximum atomic E-state index is 11.0. The Hall–Kier alpha value is -3.61. The summed E-state index contributed by atoms with van der Waals surface area (Å²) in [6.45, 7) is 0. The minimum atomic E-state index is -0.435. The van der Waals surface area contributed by atoms with Crippen LogP contribution in [-0.4, -0.2) is 24.7 Å². The molecule has 24 heavy (non-hydrogen) atoms. The van der Waals surface area contributed by atoms with Gasteiger partial charge in [-0.1, -0.05) is 42.5 Å². The molecular formula is C17H11N5O2. The van der Waals surface area contributed by atoms with Gasteiger partial charge in [-0.3, -0.25) is 10.1 Å². The van der Waals surface area contributed by atoms with E-state index in [9.17, 15) is 10.1 Å². The van der Waals surface area contributed by atoms with E-state index in [1.165, 1.54) is 12.1 Å². The normalized spacial score (nSPS) is 10.8. The van der Waals surface area contributed by atoms with Crippen molar-refractivity contribution in [2.45, 2.75) is 0 Å². The molecule has 0 bridgehead atoms. The van der Waals surface area contributed by atoms with Crippen molar-refractivity contribution in [2.75, 3.05) is 0 Å². The van der Waals surface area contributed by atoms with Crippen LogP contribution < -0.4 is 0 Å². The lowest BCUT2D eigenvalue weighted by molar-refractivity contribution is -0.384.